The summed E-state index contributed by atoms with van der Waals surface area (Å²) in [5, 5.41) is 23.8. The van der Waals surface area contributed by atoms with Crippen LogP contribution in [-0.2, 0) is 80.3 Å². The van der Waals surface area contributed by atoms with E-state index < -0.39 is 23.9 Å². The number of nitrogens with one attached hydrogen (secondary N) is 5. The summed E-state index contributed by atoms with van der Waals surface area (Å²) < 4.78 is 0. The van der Waals surface area contributed by atoms with Crippen molar-refractivity contribution in [2.24, 2.45) is 5.92 Å². The summed E-state index contributed by atoms with van der Waals surface area (Å²) in [5.41, 5.74) is 13.6. The lowest BCUT2D eigenvalue weighted by Gasteiger charge is -2.32. The Hall–Kier alpha value is -12.0. The van der Waals surface area contributed by atoms with E-state index in [1.807, 2.05) is 78.9 Å². The fourth-order valence-corrected chi connectivity index (χ4v) is 15.4. The molecule has 4 aromatic heterocycles. The van der Waals surface area contributed by atoms with Crippen molar-refractivity contribution in [1.29, 1.82) is 0 Å². The average molecular weight is 1440 g/mol. The van der Waals surface area contributed by atoms with Gasteiger partial charge in [-0.25, -0.2) is 44.3 Å². The number of carboxylic acids is 1. The van der Waals surface area contributed by atoms with Gasteiger partial charge in [0.1, 0.15) is 11.7 Å². The van der Waals surface area contributed by atoms with Crippen LogP contribution in [0.2, 0.25) is 0 Å². The Labute approximate surface area is 620 Å². The second kappa shape index (κ2) is 34.7. The van der Waals surface area contributed by atoms with E-state index >= 15 is 0 Å². The van der Waals surface area contributed by atoms with Gasteiger partial charge in [-0.3, -0.25) is 49.5 Å². The van der Waals surface area contributed by atoms with Crippen molar-refractivity contribution in [1.82, 2.24) is 70.5 Å². The maximum Gasteiger partial charge on any atom is 0.326 e. The standard InChI is InChI=1S/C23H23N5O2.C22H27N3O.C21H23N5O4.C16H13N3O2/c1-28(15-16-7-3-2-4-8-16)23(30)27-21-20(24-11-12-25-21)22(29)26-19-13-17-9-5-6-10-18(17)14-19;26-22(25-19-8-2-1-3-9-19)21-20(23-12-13-24-21)11-10-16-14-17-6-4-5-7-18(17)15-16;27-19(24-15-11-13-5-1-2-6-14(13)12-15)17-18(23-9-8-22-17)25-21(30)26-10-4-3-7-16(26)20(28)29;20-14-9-13-15(18-6-5-17-13)16(21)19(14)12-7-10-3-1-2-4-11(10)8-12/h2-12,19H,13-15H2,1H3,(H,26,29)(H,25,27,30);4-7,12-13,16,19H,1-3,8-11,14-15H2,(H,25,26);1-2,5-6,8-9,15-16H,3-4,7,10-12H2,(H,24,27)(H,28,29)(H,23,25,30);1-6,12H,7-9H2. The van der Waals surface area contributed by atoms with Crippen molar-refractivity contribution in [2.75, 3.05) is 24.2 Å². The predicted molar refractivity (Wildman–Crippen MR) is 399 cm³/mol. The highest BCUT2D eigenvalue weighted by atomic mass is 16.4. The monoisotopic (exact) mass is 1440 g/mol. The minimum absolute atomic E-state index is 0.00112. The molecule has 5 aromatic carbocycles. The first kappa shape index (κ1) is 73.3. The molecule has 0 bridgehead atoms. The molecule has 5 aliphatic carbocycles. The lowest BCUT2D eigenvalue weighted by atomic mass is 9.95. The van der Waals surface area contributed by atoms with Crippen LogP contribution >= 0.6 is 0 Å². The molecular weight excluding hydrogens is 1350 g/mol. The predicted octanol–water partition coefficient (Wildman–Crippen LogP) is 9.94. The summed E-state index contributed by atoms with van der Waals surface area (Å²) in [6.07, 6.45) is 28.5. The minimum Gasteiger partial charge on any atom is -0.480 e. The highest BCUT2D eigenvalue weighted by molar-refractivity contribution is 6.08. The normalized spacial score (nSPS) is 16.6. The molecule has 9 aromatic rings. The highest BCUT2D eigenvalue weighted by Crippen LogP contribution is 2.32. The van der Waals surface area contributed by atoms with E-state index in [1.165, 1.54) is 116 Å². The molecule has 548 valence electrons. The van der Waals surface area contributed by atoms with Crippen LogP contribution in [-0.4, -0.2) is 151 Å². The zero-order valence-corrected chi connectivity index (χ0v) is 59.7. The SMILES string of the molecule is CN(Cc1ccccc1)C(=O)Nc1nccnc1C(=O)NC1Cc2ccccc2C1.O=C(NC1CCCCC1)c1nccnc1CCC1Cc2ccccc2C1.O=C(NC1Cc2ccccc2C1)c1nccnc1NC(=O)N1CCCCC1C(=O)O.O=C1Cc2nccnc2C(=O)N1C1Cc2ccccc2C1. The molecule has 25 heteroatoms. The summed E-state index contributed by atoms with van der Waals surface area (Å²) in [6.45, 7) is 0.778. The van der Waals surface area contributed by atoms with E-state index in [2.05, 4.69) is 115 Å². The van der Waals surface area contributed by atoms with Crippen molar-refractivity contribution < 1.29 is 43.5 Å². The van der Waals surface area contributed by atoms with Gasteiger partial charge < -0.3 is 30.9 Å². The van der Waals surface area contributed by atoms with Gasteiger partial charge in [-0.15, -0.1) is 0 Å². The van der Waals surface area contributed by atoms with Gasteiger partial charge in [0, 0.05) is 93.9 Å². The Morgan fingerprint density at radius 3 is 1.48 bits per heavy atom. The maximum atomic E-state index is 12.8. The highest BCUT2D eigenvalue weighted by Gasteiger charge is 2.40. The molecule has 1 unspecified atom stereocenters. The Bertz CT molecular complexity index is 4630. The molecule has 0 radical (unpaired) electrons. The number of fused-ring (bicyclic) bond motifs is 5. The number of carbonyl (C=O) groups excluding carboxylic acids is 7. The van der Waals surface area contributed by atoms with Crippen molar-refractivity contribution >= 4 is 59.2 Å². The lowest BCUT2D eigenvalue weighted by Crippen LogP contribution is -2.50. The van der Waals surface area contributed by atoms with Crippen molar-refractivity contribution in [2.45, 2.75) is 159 Å². The van der Waals surface area contributed by atoms with Crippen LogP contribution in [0.3, 0.4) is 0 Å². The van der Waals surface area contributed by atoms with Gasteiger partial charge in [-0.2, -0.15) is 0 Å². The number of carboxylic acid groups (broad SMARTS) is 1. The van der Waals surface area contributed by atoms with E-state index in [0.717, 1.165) is 101 Å². The fraction of sp³-hybridized carbons (Fsp3) is 0.341. The smallest absolute Gasteiger partial charge is 0.326 e. The number of hydrogen-bond donors (Lipinski definition) is 6. The summed E-state index contributed by atoms with van der Waals surface area (Å²) in [7, 11) is 1.69. The largest absolute Gasteiger partial charge is 0.480 e. The molecule has 2 fully saturated rings. The summed E-state index contributed by atoms with van der Waals surface area (Å²) in [6, 6.07) is 41.0. The first-order valence-corrected chi connectivity index (χ1v) is 36.8. The van der Waals surface area contributed by atoms with Crippen molar-refractivity contribution in [3.63, 3.8) is 0 Å². The van der Waals surface area contributed by atoms with Crippen LogP contribution in [0.5, 0.6) is 0 Å². The molecule has 0 spiro atoms. The number of likely N-dealkylation sites (tertiary alicyclic amines) is 1. The van der Waals surface area contributed by atoms with Gasteiger partial charge >= 0.3 is 18.0 Å². The lowest BCUT2D eigenvalue weighted by molar-refractivity contribution is -0.143. The number of nitrogens with zero attached hydrogens (tertiary/aromatic N) is 11. The second-order valence-corrected chi connectivity index (χ2v) is 28.1. The number of benzene rings is 5. The molecule has 16 rings (SSSR count). The molecular formula is C82H86N16O9. The Morgan fingerprint density at radius 2 is 0.925 bits per heavy atom. The number of piperidine rings is 1. The van der Waals surface area contributed by atoms with Crippen LogP contribution in [0.4, 0.5) is 21.2 Å². The molecule has 7 aliphatic rings. The topological polar surface area (TPSA) is 330 Å². The van der Waals surface area contributed by atoms with E-state index in [1.54, 1.807) is 19.4 Å². The van der Waals surface area contributed by atoms with Crippen LogP contribution in [0.25, 0.3) is 0 Å². The van der Waals surface area contributed by atoms with Crippen LogP contribution in [0, 0.1) is 5.92 Å². The number of carbonyl (C=O) groups is 8. The first-order chi connectivity index (χ1) is 52.2. The molecule has 107 heavy (non-hydrogen) atoms. The molecule has 1 atom stereocenters. The van der Waals surface area contributed by atoms with Gasteiger partial charge in [-0.05, 0) is 152 Å². The number of imide groups is 1. The summed E-state index contributed by atoms with van der Waals surface area (Å²) >= 11 is 0. The molecule has 2 aliphatic heterocycles. The molecule has 6 heterocycles. The number of amides is 9. The van der Waals surface area contributed by atoms with Gasteiger partial charge in [0.05, 0.1) is 17.8 Å². The zero-order chi connectivity index (χ0) is 74.2. The molecule has 25 nitrogen and oxygen atoms in total. The van der Waals surface area contributed by atoms with Gasteiger partial charge in [-0.1, -0.05) is 147 Å². The number of hydrogen-bond acceptors (Lipinski definition) is 16. The molecule has 1 saturated carbocycles. The zero-order valence-electron chi connectivity index (χ0n) is 59.7. The molecule has 1 saturated heterocycles. The third-order valence-corrected chi connectivity index (χ3v) is 20.7. The number of rotatable bonds is 15. The number of aromatic nitrogens is 8. The van der Waals surface area contributed by atoms with Crippen LogP contribution in [0.1, 0.15) is 161 Å². The molecule has 6 N–H and O–H groups in total. The van der Waals surface area contributed by atoms with E-state index in [-0.39, 0.29) is 77.2 Å². The van der Waals surface area contributed by atoms with Crippen molar-refractivity contribution in [3.05, 3.63) is 261 Å². The third-order valence-electron chi connectivity index (χ3n) is 20.7. The van der Waals surface area contributed by atoms with Crippen LogP contribution < -0.4 is 26.6 Å². The second-order valence-electron chi connectivity index (χ2n) is 28.1. The number of anilines is 2. The van der Waals surface area contributed by atoms with Crippen LogP contribution in [0.15, 0.2) is 177 Å². The average Bonchev–Trinajstić information content (AvgIpc) is 1.63. The quantitative estimate of drug-likeness (QED) is 0.0520. The Balaban J connectivity index is 0.000000127. The Morgan fingerprint density at radius 1 is 0.477 bits per heavy atom. The number of aliphatic carboxylic acids is 1. The fourth-order valence-electron chi connectivity index (χ4n) is 15.4. The third kappa shape index (κ3) is 18.4. The minimum atomic E-state index is -1.04. The summed E-state index contributed by atoms with van der Waals surface area (Å²) in [4.78, 5) is 138. The van der Waals surface area contributed by atoms with Gasteiger partial charge in [0.15, 0.2) is 28.7 Å². The van der Waals surface area contributed by atoms with Crippen molar-refractivity contribution in [3.8, 4) is 0 Å². The maximum absolute atomic E-state index is 12.8. The van der Waals surface area contributed by atoms with Gasteiger partial charge in [0.2, 0.25) is 5.91 Å². The Kier molecular flexibility index (Phi) is 23.8. The summed E-state index contributed by atoms with van der Waals surface area (Å²) in [5.74, 6) is -1.54. The van der Waals surface area contributed by atoms with E-state index in [9.17, 15) is 43.5 Å². The number of aryl methyl sites for hydroxylation is 1. The van der Waals surface area contributed by atoms with E-state index in [4.69, 9.17) is 0 Å². The van der Waals surface area contributed by atoms with E-state index in [0.29, 0.717) is 48.6 Å². The number of urea groups is 2. The van der Waals surface area contributed by atoms with Gasteiger partial charge in [0.25, 0.3) is 23.6 Å². The molecule has 9 amide bonds. The first-order valence-electron chi connectivity index (χ1n) is 36.8.